The third-order valence-electron chi connectivity index (χ3n) is 6.29. The Morgan fingerprint density at radius 2 is 1.53 bits per heavy atom. The molecule has 34 heavy (non-hydrogen) atoms. The zero-order chi connectivity index (χ0) is 24.3. The lowest BCUT2D eigenvalue weighted by molar-refractivity contribution is 0.104. The lowest BCUT2D eigenvalue weighted by Gasteiger charge is -2.02. The number of unbranched alkanes of at least 4 members (excludes halogenated alkanes) is 9. The van der Waals surface area contributed by atoms with Gasteiger partial charge < -0.3 is 0 Å². The van der Waals surface area contributed by atoms with Gasteiger partial charge in [0.25, 0.3) is 0 Å². The molecule has 0 N–H and O–H groups in total. The molecule has 1 aromatic heterocycles. The summed E-state index contributed by atoms with van der Waals surface area (Å²) in [6.45, 7) is 2.26. The van der Waals surface area contributed by atoms with E-state index in [1.54, 1.807) is 23.5 Å². The average Bonchev–Trinajstić information content (AvgIpc) is 3.33. The third kappa shape index (κ3) is 6.56. The number of carbonyl (C=O) groups is 1. The first-order chi connectivity index (χ1) is 16.6. The SMILES string of the molecule is CCCCCCCCCCCCc1cc(C=C2C(=O)c3ccccc3C2=C(C#N)C#N)sc1Br. The minimum atomic E-state index is -0.130. The van der Waals surface area contributed by atoms with E-state index in [1.807, 2.05) is 30.3 Å². The number of thiophene rings is 1. The summed E-state index contributed by atoms with van der Waals surface area (Å²) in [6, 6.07) is 13.3. The maximum absolute atomic E-state index is 13.1. The Morgan fingerprint density at radius 3 is 2.15 bits per heavy atom. The van der Waals surface area contributed by atoms with E-state index in [-0.39, 0.29) is 11.4 Å². The first kappa shape index (κ1) is 26.1. The molecule has 1 aromatic carbocycles. The molecule has 5 heteroatoms. The van der Waals surface area contributed by atoms with E-state index in [2.05, 4.69) is 28.9 Å². The molecule has 0 atom stereocenters. The van der Waals surface area contributed by atoms with Crippen LogP contribution in [0.25, 0.3) is 11.6 Å². The van der Waals surface area contributed by atoms with Gasteiger partial charge >= 0.3 is 0 Å². The molecule has 0 spiro atoms. The molecule has 1 aliphatic carbocycles. The number of fused-ring (bicyclic) bond motifs is 1. The van der Waals surface area contributed by atoms with Crippen molar-refractivity contribution in [3.8, 4) is 12.1 Å². The molecule has 1 heterocycles. The van der Waals surface area contributed by atoms with Gasteiger partial charge in [0.2, 0.25) is 0 Å². The fourth-order valence-electron chi connectivity index (χ4n) is 4.46. The van der Waals surface area contributed by atoms with Gasteiger partial charge in [-0.05, 0) is 52.0 Å². The molecular weight excluding hydrogens is 504 g/mol. The van der Waals surface area contributed by atoms with E-state index in [4.69, 9.17) is 0 Å². The minimum Gasteiger partial charge on any atom is -0.289 e. The van der Waals surface area contributed by atoms with Crippen LogP contribution in [0.1, 0.15) is 97.5 Å². The van der Waals surface area contributed by atoms with E-state index < -0.39 is 0 Å². The van der Waals surface area contributed by atoms with Crippen molar-refractivity contribution in [1.82, 2.24) is 0 Å². The monoisotopic (exact) mass is 534 g/mol. The van der Waals surface area contributed by atoms with E-state index in [0.29, 0.717) is 22.3 Å². The topological polar surface area (TPSA) is 64.7 Å². The molecule has 3 rings (SSSR count). The normalized spacial score (nSPS) is 13.7. The van der Waals surface area contributed by atoms with E-state index in [1.165, 1.54) is 63.4 Å². The highest BCUT2D eigenvalue weighted by atomic mass is 79.9. The maximum Gasteiger partial charge on any atom is 0.194 e. The van der Waals surface area contributed by atoms with Crippen LogP contribution in [0.5, 0.6) is 0 Å². The quantitative estimate of drug-likeness (QED) is 0.155. The van der Waals surface area contributed by atoms with Crippen LogP contribution in [0.15, 0.2) is 45.3 Å². The maximum atomic E-state index is 13.1. The number of hydrogen-bond donors (Lipinski definition) is 0. The number of rotatable bonds is 12. The van der Waals surface area contributed by atoms with Crippen LogP contribution in [0, 0.1) is 22.7 Å². The zero-order valence-electron chi connectivity index (χ0n) is 19.8. The molecule has 0 bridgehead atoms. The average molecular weight is 536 g/mol. The van der Waals surface area contributed by atoms with Crippen molar-refractivity contribution < 1.29 is 4.79 Å². The van der Waals surface area contributed by atoms with Gasteiger partial charge in [0.1, 0.15) is 17.7 Å². The molecule has 1 aliphatic rings. The molecule has 176 valence electrons. The zero-order valence-corrected chi connectivity index (χ0v) is 22.2. The first-order valence-corrected chi connectivity index (χ1v) is 13.9. The van der Waals surface area contributed by atoms with Gasteiger partial charge in [-0.2, -0.15) is 10.5 Å². The van der Waals surface area contributed by atoms with Crippen LogP contribution in [-0.4, -0.2) is 5.78 Å². The summed E-state index contributed by atoms with van der Waals surface area (Å²) in [5.41, 5.74) is 3.33. The lowest BCUT2D eigenvalue weighted by atomic mass is 9.99. The summed E-state index contributed by atoms with van der Waals surface area (Å²) in [7, 11) is 0. The molecule has 0 amide bonds. The van der Waals surface area contributed by atoms with Crippen LogP contribution in [-0.2, 0) is 6.42 Å². The highest BCUT2D eigenvalue weighted by Gasteiger charge is 2.32. The Morgan fingerprint density at radius 1 is 0.941 bits per heavy atom. The van der Waals surface area contributed by atoms with Gasteiger partial charge in [0, 0.05) is 21.6 Å². The molecule has 0 saturated carbocycles. The minimum absolute atomic E-state index is 0.0224. The number of Topliss-reactive ketones (excluding diaryl/α,β-unsaturated/α-hetero) is 1. The van der Waals surface area contributed by atoms with Gasteiger partial charge in [0.15, 0.2) is 5.78 Å². The predicted molar refractivity (Wildman–Crippen MR) is 144 cm³/mol. The highest BCUT2D eigenvalue weighted by Crippen LogP contribution is 2.41. The Labute approximate surface area is 215 Å². The molecule has 0 aliphatic heterocycles. The van der Waals surface area contributed by atoms with Crippen molar-refractivity contribution in [1.29, 1.82) is 10.5 Å². The summed E-state index contributed by atoms with van der Waals surface area (Å²) in [5.74, 6) is -0.130. The number of nitriles is 2. The largest absolute Gasteiger partial charge is 0.289 e. The highest BCUT2D eigenvalue weighted by molar-refractivity contribution is 9.11. The number of halogens is 1. The predicted octanol–water partition coefficient (Wildman–Crippen LogP) is 9.05. The van der Waals surface area contributed by atoms with E-state index >= 15 is 0 Å². The van der Waals surface area contributed by atoms with Crippen LogP contribution in [0.3, 0.4) is 0 Å². The number of carbonyl (C=O) groups excluding carboxylic acids is 1. The van der Waals surface area contributed by atoms with Gasteiger partial charge in [0.05, 0.1) is 3.79 Å². The number of aryl methyl sites for hydroxylation is 1. The lowest BCUT2D eigenvalue weighted by Crippen LogP contribution is -1.95. The summed E-state index contributed by atoms with van der Waals surface area (Å²) in [5, 5.41) is 19.0. The van der Waals surface area contributed by atoms with Crippen LogP contribution >= 0.6 is 27.3 Å². The Bertz CT molecular complexity index is 1140. The standard InChI is InChI=1S/C29H31BrN2OS/c1-2-3-4-5-6-7-8-9-10-11-14-21-17-23(34-29(21)30)18-26-27(22(19-31)20-32)24-15-12-13-16-25(24)28(26)33/h12-13,15-18H,2-11,14H2,1H3. The third-order valence-corrected chi connectivity index (χ3v) is 8.20. The second-order valence-corrected chi connectivity index (χ2v) is 11.2. The van der Waals surface area contributed by atoms with Crippen LogP contribution in [0.2, 0.25) is 0 Å². The van der Waals surface area contributed by atoms with Crippen molar-refractivity contribution in [3.63, 3.8) is 0 Å². The van der Waals surface area contributed by atoms with Gasteiger partial charge in [-0.25, -0.2) is 0 Å². The van der Waals surface area contributed by atoms with Crippen molar-refractivity contribution >= 4 is 44.7 Å². The smallest absolute Gasteiger partial charge is 0.194 e. The van der Waals surface area contributed by atoms with Gasteiger partial charge in [-0.15, -0.1) is 11.3 Å². The summed E-state index contributed by atoms with van der Waals surface area (Å²) < 4.78 is 1.09. The summed E-state index contributed by atoms with van der Waals surface area (Å²) in [6.07, 6.45) is 16.0. The second-order valence-electron chi connectivity index (χ2n) is 8.79. The number of allylic oxidation sites excluding steroid dienone is 3. The van der Waals surface area contributed by atoms with Crippen molar-refractivity contribution in [2.45, 2.75) is 77.6 Å². The van der Waals surface area contributed by atoms with Gasteiger partial charge in [-0.3, -0.25) is 4.79 Å². The van der Waals surface area contributed by atoms with E-state index in [9.17, 15) is 15.3 Å². The first-order valence-electron chi connectivity index (χ1n) is 12.3. The van der Waals surface area contributed by atoms with Crippen molar-refractivity contribution in [3.05, 3.63) is 66.8 Å². The Hall–Kier alpha value is -2.47. The fraction of sp³-hybridized carbons (Fsp3) is 0.414. The summed E-state index contributed by atoms with van der Waals surface area (Å²) >= 11 is 5.28. The van der Waals surface area contributed by atoms with Crippen LogP contribution < -0.4 is 0 Å². The number of nitrogens with zero attached hydrogens (tertiary/aromatic N) is 2. The number of ketones is 1. The van der Waals surface area contributed by atoms with Gasteiger partial charge in [-0.1, -0.05) is 89.0 Å². The second kappa shape index (κ2) is 13.4. The Kier molecular flexibility index (Phi) is 10.3. The van der Waals surface area contributed by atoms with Crippen LogP contribution in [0.4, 0.5) is 0 Å². The molecule has 2 aromatic rings. The molecular formula is C29H31BrN2OS. The number of benzene rings is 1. The number of hydrogen-bond acceptors (Lipinski definition) is 4. The molecule has 0 radical (unpaired) electrons. The summed E-state index contributed by atoms with van der Waals surface area (Å²) in [4.78, 5) is 14.0. The molecule has 3 nitrogen and oxygen atoms in total. The molecule has 0 saturated heterocycles. The van der Waals surface area contributed by atoms with E-state index in [0.717, 1.165) is 21.5 Å². The Balaban J connectivity index is 1.62. The molecule has 0 unspecified atom stereocenters. The van der Waals surface area contributed by atoms with Crippen molar-refractivity contribution in [2.75, 3.05) is 0 Å². The molecule has 0 fully saturated rings. The van der Waals surface area contributed by atoms with Crippen molar-refractivity contribution in [2.24, 2.45) is 0 Å². The fourth-order valence-corrected chi connectivity index (χ4v) is 6.21.